The number of aromatic nitrogens is 3. The van der Waals surface area contributed by atoms with E-state index in [2.05, 4.69) is 15.0 Å². The maximum absolute atomic E-state index is 17.0. The monoisotopic (exact) mass is 707 g/mol. The van der Waals surface area contributed by atoms with Crippen molar-refractivity contribution in [3.63, 3.8) is 0 Å². The first kappa shape index (κ1) is 33.3. The lowest BCUT2D eigenvalue weighted by atomic mass is 9.92. The van der Waals surface area contributed by atoms with Crippen LogP contribution in [-0.4, -0.2) is 64.4 Å². The predicted octanol–water partition coefficient (Wildman–Crippen LogP) is 7.03. The van der Waals surface area contributed by atoms with Crippen LogP contribution in [0.2, 0.25) is 5.02 Å². The second-order valence-corrected chi connectivity index (χ2v) is 13.1. The normalized spacial score (nSPS) is 21.5. The molecule has 0 amide bonds. The highest BCUT2D eigenvalue weighted by Gasteiger charge is 2.49. The molecule has 0 saturated carbocycles. The minimum atomic E-state index is -5.11. The molecule has 2 aromatic carbocycles. The van der Waals surface area contributed by atoms with Crippen LogP contribution in [0, 0.1) is 18.6 Å². The molecule has 4 aromatic rings. The summed E-state index contributed by atoms with van der Waals surface area (Å²) < 4.78 is 102. The molecule has 0 spiro atoms. The summed E-state index contributed by atoms with van der Waals surface area (Å²) in [5.74, 6) is -2.35. The zero-order valence-electron chi connectivity index (χ0n) is 26.5. The molecule has 3 aliphatic rings. The van der Waals surface area contributed by atoms with Gasteiger partial charge in [0.2, 0.25) is 0 Å². The summed E-state index contributed by atoms with van der Waals surface area (Å²) in [7, 11) is 0. The SMILES string of the molecule is Cc1c(F)c(N)cc(-c2c(Cl)c3c4c(nc(OC[C@@]56CCCN5C[C@H](F)C6)nc4c2F)N([C@H](C)c2cccnc2N)CCO3)c1C(F)(F)F. The number of ether oxygens (including phenoxy) is 2. The van der Waals surface area contributed by atoms with E-state index in [0.29, 0.717) is 24.6 Å². The molecule has 2 saturated heterocycles. The fourth-order valence-corrected chi connectivity index (χ4v) is 7.92. The first-order chi connectivity index (χ1) is 23.2. The smallest absolute Gasteiger partial charge is 0.417 e. The van der Waals surface area contributed by atoms with E-state index in [4.69, 9.17) is 32.5 Å². The molecular formula is C33H32ClF6N7O2. The van der Waals surface area contributed by atoms with Crippen molar-refractivity contribution in [3.8, 4) is 22.9 Å². The summed E-state index contributed by atoms with van der Waals surface area (Å²) in [5, 5.41) is -0.522. The van der Waals surface area contributed by atoms with Crippen LogP contribution >= 0.6 is 11.6 Å². The number of nitrogens with two attached hydrogens (primary N) is 2. The van der Waals surface area contributed by atoms with E-state index in [1.54, 1.807) is 17.0 Å². The Balaban J connectivity index is 1.47. The lowest BCUT2D eigenvalue weighted by Crippen LogP contribution is -2.43. The number of halogens is 7. The van der Waals surface area contributed by atoms with Crippen LogP contribution in [0.15, 0.2) is 24.4 Å². The number of alkyl halides is 4. The fourth-order valence-electron chi connectivity index (χ4n) is 7.59. The number of fused-ring (bicyclic) bond motifs is 1. The van der Waals surface area contributed by atoms with Gasteiger partial charge in [-0.05, 0) is 50.9 Å². The van der Waals surface area contributed by atoms with Gasteiger partial charge in [-0.25, -0.2) is 18.2 Å². The number of hydrogen-bond acceptors (Lipinski definition) is 9. The van der Waals surface area contributed by atoms with Gasteiger partial charge in [0.25, 0.3) is 0 Å². The summed E-state index contributed by atoms with van der Waals surface area (Å²) in [6, 6.07) is 3.38. The lowest BCUT2D eigenvalue weighted by molar-refractivity contribution is -0.137. The molecule has 0 unspecified atom stereocenters. The Labute approximate surface area is 282 Å². The largest absolute Gasteiger partial charge is 0.489 e. The van der Waals surface area contributed by atoms with E-state index >= 15 is 4.39 Å². The van der Waals surface area contributed by atoms with Crippen molar-refractivity contribution in [1.82, 2.24) is 19.9 Å². The molecule has 9 nitrogen and oxygen atoms in total. The quantitative estimate of drug-likeness (QED) is 0.161. The number of pyridine rings is 1. The zero-order chi connectivity index (χ0) is 35.0. The van der Waals surface area contributed by atoms with Gasteiger partial charge in [0.15, 0.2) is 11.6 Å². The number of hydrogen-bond donors (Lipinski definition) is 2. The highest BCUT2D eigenvalue weighted by molar-refractivity contribution is 6.36. The molecule has 0 radical (unpaired) electrons. The van der Waals surface area contributed by atoms with Crippen LogP contribution in [-0.2, 0) is 6.18 Å². The van der Waals surface area contributed by atoms with Crippen LogP contribution in [0.4, 0.5) is 43.7 Å². The van der Waals surface area contributed by atoms with Crippen molar-refractivity contribution in [3.05, 3.63) is 57.7 Å². The van der Waals surface area contributed by atoms with Crippen molar-refractivity contribution < 1.29 is 35.8 Å². The maximum Gasteiger partial charge on any atom is 0.417 e. The third-order valence-corrected chi connectivity index (χ3v) is 10.3. The van der Waals surface area contributed by atoms with E-state index in [0.717, 1.165) is 13.3 Å². The van der Waals surface area contributed by atoms with Crippen molar-refractivity contribution in [2.75, 3.05) is 49.2 Å². The van der Waals surface area contributed by atoms with E-state index in [-0.39, 0.29) is 61.5 Å². The van der Waals surface area contributed by atoms with E-state index in [1.807, 2.05) is 11.8 Å². The Morgan fingerprint density at radius 2 is 1.96 bits per heavy atom. The number of anilines is 3. The van der Waals surface area contributed by atoms with Crippen molar-refractivity contribution in [2.24, 2.45) is 0 Å². The average molecular weight is 708 g/mol. The van der Waals surface area contributed by atoms with Gasteiger partial charge in [0.1, 0.15) is 42.4 Å². The molecule has 4 N–H and O–H groups in total. The minimum Gasteiger partial charge on any atom is -0.489 e. The molecule has 49 heavy (non-hydrogen) atoms. The third-order valence-electron chi connectivity index (χ3n) is 9.89. The number of nitrogen functional groups attached to an aromatic ring is 2. The first-order valence-electron chi connectivity index (χ1n) is 15.7. The Kier molecular flexibility index (Phi) is 8.13. The Bertz CT molecular complexity index is 1980. The van der Waals surface area contributed by atoms with Crippen molar-refractivity contribution in [2.45, 2.75) is 57.0 Å². The average Bonchev–Trinajstić information content (AvgIpc) is 3.49. The third kappa shape index (κ3) is 5.41. The van der Waals surface area contributed by atoms with Crippen LogP contribution in [0.3, 0.4) is 0 Å². The molecule has 3 aliphatic heterocycles. The van der Waals surface area contributed by atoms with Gasteiger partial charge < -0.3 is 25.8 Å². The fraction of sp³-hybridized carbons (Fsp3) is 0.424. The summed E-state index contributed by atoms with van der Waals surface area (Å²) >= 11 is 6.76. The number of benzene rings is 2. The van der Waals surface area contributed by atoms with Gasteiger partial charge >= 0.3 is 12.2 Å². The van der Waals surface area contributed by atoms with E-state index < -0.39 is 74.0 Å². The second kappa shape index (κ2) is 12.0. The summed E-state index contributed by atoms with van der Waals surface area (Å²) in [4.78, 5) is 17.0. The van der Waals surface area contributed by atoms with Gasteiger partial charge in [-0.15, -0.1) is 0 Å². The molecule has 5 heterocycles. The molecular weight excluding hydrogens is 676 g/mol. The number of nitrogens with zero attached hydrogens (tertiary/aromatic N) is 5. The van der Waals surface area contributed by atoms with Crippen LogP contribution in [0.5, 0.6) is 11.8 Å². The standard InChI is InChI=1S/C33H32ClF6N7O2/c1-15-23(33(38,39)40)19(11-20(41)25(15)36)21-24(34)28-22-27(26(21)37)44-31(49-14-32-6-4-8-46(32)13-17(35)12-32)45-30(22)47(9-10-48-28)16(2)18-5-3-7-43-29(18)42/h3,5,7,11,16-17H,4,6,8-10,12-14,41H2,1-2H3,(H2,42,43)/t16-,17-,32+/m1/s1. The molecule has 0 aliphatic carbocycles. The molecule has 7 rings (SSSR count). The zero-order valence-corrected chi connectivity index (χ0v) is 27.2. The molecule has 0 bridgehead atoms. The summed E-state index contributed by atoms with van der Waals surface area (Å²) in [6.07, 6.45) is -2.85. The van der Waals surface area contributed by atoms with Crippen molar-refractivity contribution in [1.29, 1.82) is 0 Å². The molecule has 2 fully saturated rings. The molecule has 16 heteroatoms. The molecule has 2 aromatic heterocycles. The van der Waals surface area contributed by atoms with E-state index in [1.165, 1.54) is 6.20 Å². The van der Waals surface area contributed by atoms with Crippen LogP contribution < -0.4 is 25.8 Å². The Hall–Kier alpha value is -4.24. The lowest BCUT2D eigenvalue weighted by Gasteiger charge is -2.32. The Morgan fingerprint density at radius 3 is 2.69 bits per heavy atom. The number of rotatable bonds is 6. The van der Waals surface area contributed by atoms with Crippen molar-refractivity contribution >= 4 is 39.8 Å². The van der Waals surface area contributed by atoms with Gasteiger partial charge in [0.05, 0.1) is 39.8 Å². The molecule has 3 atom stereocenters. The minimum absolute atomic E-state index is 0.000803. The van der Waals surface area contributed by atoms with Gasteiger partial charge in [-0.3, -0.25) is 4.90 Å². The van der Waals surface area contributed by atoms with Crippen LogP contribution in [0.1, 0.15) is 48.9 Å². The highest BCUT2D eigenvalue weighted by atomic mass is 35.5. The van der Waals surface area contributed by atoms with E-state index in [9.17, 15) is 22.0 Å². The highest BCUT2D eigenvalue weighted by Crippen LogP contribution is 2.52. The summed E-state index contributed by atoms with van der Waals surface area (Å²) in [6.45, 7) is 3.80. The Morgan fingerprint density at radius 1 is 1.18 bits per heavy atom. The van der Waals surface area contributed by atoms with Crippen LogP contribution in [0.25, 0.3) is 22.0 Å². The topological polar surface area (TPSA) is 116 Å². The predicted molar refractivity (Wildman–Crippen MR) is 173 cm³/mol. The first-order valence-corrected chi connectivity index (χ1v) is 16.1. The van der Waals surface area contributed by atoms with Gasteiger partial charge in [-0.1, -0.05) is 17.7 Å². The van der Waals surface area contributed by atoms with Gasteiger partial charge in [-0.2, -0.15) is 23.1 Å². The van der Waals surface area contributed by atoms with Gasteiger partial charge in [0, 0.05) is 35.9 Å². The maximum atomic E-state index is 17.0. The molecule has 260 valence electrons. The summed E-state index contributed by atoms with van der Waals surface area (Å²) in [5.41, 5.74) is 7.14. The second-order valence-electron chi connectivity index (χ2n) is 12.8.